The minimum Gasteiger partial charge on any atom is -0.507 e. The van der Waals surface area contributed by atoms with Gasteiger partial charge in [-0.05, 0) is 35.8 Å². The number of benzene rings is 2. The zero-order valence-corrected chi connectivity index (χ0v) is 23.9. The van der Waals surface area contributed by atoms with Gasteiger partial charge in [-0.25, -0.2) is 0 Å². The van der Waals surface area contributed by atoms with E-state index in [9.17, 15) is 29.1 Å². The quantitative estimate of drug-likeness (QED) is 0.218. The molecule has 6 atom stereocenters. The van der Waals surface area contributed by atoms with Crippen LogP contribution in [0.25, 0.3) is 10.8 Å². The van der Waals surface area contributed by atoms with E-state index in [-0.39, 0.29) is 37.0 Å². The van der Waals surface area contributed by atoms with E-state index in [4.69, 9.17) is 28.3 Å². The number of aliphatic carboxylic acids is 1. The molecule has 208 valence electrons. The fourth-order valence-corrected chi connectivity index (χ4v) is 8.57. The summed E-state index contributed by atoms with van der Waals surface area (Å²) >= 11 is 17.7. The second kappa shape index (κ2) is 9.29. The van der Waals surface area contributed by atoms with Gasteiger partial charge in [-0.2, -0.15) is 0 Å². The molecule has 0 spiro atoms. The molecule has 40 heavy (non-hydrogen) atoms. The highest BCUT2D eigenvalue weighted by molar-refractivity contribution is 9.09. The Morgan fingerprint density at radius 2 is 1.68 bits per heavy atom. The smallest absolute Gasteiger partial charge is 0.305 e. The van der Waals surface area contributed by atoms with E-state index in [1.807, 2.05) is 6.08 Å². The molecular weight excluding hydrogens is 627 g/mol. The lowest BCUT2D eigenvalue weighted by atomic mass is 9.56. The molecule has 6 unspecified atom stereocenters. The number of fused-ring (bicyclic) bond motifs is 5. The number of allylic oxidation sites excluding steroid dienone is 2. The summed E-state index contributed by atoms with van der Waals surface area (Å²) in [5.74, 6) is -6.76. The highest BCUT2D eigenvalue weighted by Crippen LogP contribution is 2.66. The van der Waals surface area contributed by atoms with Crippen LogP contribution < -0.4 is 0 Å². The number of alkyl halides is 3. The van der Waals surface area contributed by atoms with Crippen molar-refractivity contribution in [3.05, 3.63) is 53.6 Å². The van der Waals surface area contributed by atoms with Crippen LogP contribution >= 0.6 is 39.1 Å². The Hall–Kier alpha value is -2.95. The van der Waals surface area contributed by atoms with Gasteiger partial charge < -0.3 is 10.2 Å². The number of carboxylic acids is 1. The average Bonchev–Trinajstić information content (AvgIpc) is 3.26. The number of hydrogen-bond acceptors (Lipinski definition) is 6. The predicted molar refractivity (Wildman–Crippen MR) is 148 cm³/mol. The molecule has 2 saturated heterocycles. The number of amides is 4. The first-order valence-corrected chi connectivity index (χ1v) is 14.6. The Bertz CT molecular complexity index is 1560. The molecule has 2 aliphatic heterocycles. The summed E-state index contributed by atoms with van der Waals surface area (Å²) in [6, 6.07) is 10.2. The van der Waals surface area contributed by atoms with Crippen LogP contribution in [0.4, 0.5) is 0 Å². The van der Waals surface area contributed by atoms with Crippen LogP contribution in [0.2, 0.25) is 0 Å². The second-order valence-electron chi connectivity index (χ2n) is 10.7. The van der Waals surface area contributed by atoms with Crippen molar-refractivity contribution in [2.75, 3.05) is 12.0 Å². The molecule has 2 heterocycles. The second-order valence-corrected chi connectivity index (χ2v) is 12.4. The molecule has 0 aromatic heterocycles. The van der Waals surface area contributed by atoms with Crippen LogP contribution in [0.5, 0.6) is 5.75 Å². The van der Waals surface area contributed by atoms with Crippen LogP contribution in [0.3, 0.4) is 0 Å². The van der Waals surface area contributed by atoms with Gasteiger partial charge in [0.1, 0.15) is 5.75 Å². The number of likely N-dealkylation sites (tertiary alicyclic amines) is 2. The number of phenolic OH excluding ortho intramolecular Hbond substituents is 1. The van der Waals surface area contributed by atoms with Crippen molar-refractivity contribution in [1.82, 2.24) is 9.80 Å². The Labute approximate surface area is 246 Å². The van der Waals surface area contributed by atoms with E-state index in [2.05, 4.69) is 15.9 Å². The van der Waals surface area contributed by atoms with Crippen LogP contribution in [-0.2, 0) is 24.0 Å². The molecule has 2 aromatic carbocycles. The van der Waals surface area contributed by atoms with Crippen LogP contribution in [-0.4, -0.2) is 71.4 Å². The van der Waals surface area contributed by atoms with Gasteiger partial charge in [-0.3, -0.25) is 33.8 Å². The first-order chi connectivity index (χ1) is 19.0. The zero-order chi connectivity index (χ0) is 28.7. The van der Waals surface area contributed by atoms with Gasteiger partial charge in [0.2, 0.25) is 11.8 Å². The highest BCUT2D eigenvalue weighted by Gasteiger charge is 2.76. The summed E-state index contributed by atoms with van der Waals surface area (Å²) in [5.41, 5.74) is 1.05. The molecule has 2 N–H and O–H groups in total. The standard InChI is InChI=1S/C28H23BrCl2N2O7/c29-12-33-25(39)27(30)11-18-16(5-6-17-21(18)24(38)32(23(17)37)10-9-20(35)36)22(28(27,31)26(33)40)15-7-8-19(34)14-4-2-1-3-13(14)15/h1-5,7-8,17-18,21-22,34H,6,9-12H2,(H,35,36). The molecule has 0 radical (unpaired) electrons. The predicted octanol–water partition coefficient (Wildman–Crippen LogP) is 3.73. The fourth-order valence-electron chi connectivity index (χ4n) is 7.15. The number of hydrogen-bond donors (Lipinski definition) is 2. The number of carboxylic acid groups (broad SMARTS) is 1. The maximum Gasteiger partial charge on any atom is 0.305 e. The number of imide groups is 2. The first kappa shape index (κ1) is 27.2. The van der Waals surface area contributed by atoms with Crippen LogP contribution in [0.15, 0.2) is 48.0 Å². The molecule has 6 rings (SSSR count). The third-order valence-electron chi connectivity index (χ3n) is 8.90. The Balaban J connectivity index is 1.56. The molecule has 3 fully saturated rings. The zero-order valence-electron chi connectivity index (χ0n) is 20.9. The molecule has 2 aliphatic carbocycles. The molecule has 4 amide bonds. The van der Waals surface area contributed by atoms with E-state index in [1.54, 1.807) is 30.3 Å². The lowest BCUT2D eigenvalue weighted by molar-refractivity contribution is -0.143. The average molecular weight is 650 g/mol. The molecule has 12 heteroatoms. The molecule has 2 aromatic rings. The Morgan fingerprint density at radius 3 is 2.35 bits per heavy atom. The van der Waals surface area contributed by atoms with Gasteiger partial charge in [-0.15, -0.1) is 23.2 Å². The molecule has 1 saturated carbocycles. The van der Waals surface area contributed by atoms with Crippen molar-refractivity contribution < 1.29 is 34.2 Å². The normalized spacial score (nSPS) is 33.2. The Morgan fingerprint density at radius 1 is 0.975 bits per heavy atom. The summed E-state index contributed by atoms with van der Waals surface area (Å²) in [4.78, 5) is 63.8. The van der Waals surface area contributed by atoms with E-state index >= 15 is 0 Å². The molecular formula is C28H23BrCl2N2O7. The van der Waals surface area contributed by atoms with E-state index in [0.29, 0.717) is 21.9 Å². The number of nitrogens with zero attached hydrogens (tertiary/aromatic N) is 2. The third-order valence-corrected chi connectivity index (χ3v) is 10.8. The summed E-state index contributed by atoms with van der Waals surface area (Å²) in [6.45, 7) is -0.256. The maximum atomic E-state index is 13.9. The van der Waals surface area contributed by atoms with E-state index < -0.39 is 63.0 Å². The minimum absolute atomic E-state index is 0.0201. The van der Waals surface area contributed by atoms with E-state index in [1.165, 1.54) is 6.07 Å². The van der Waals surface area contributed by atoms with Gasteiger partial charge in [0.05, 0.1) is 23.7 Å². The molecule has 0 bridgehead atoms. The van der Waals surface area contributed by atoms with Gasteiger partial charge in [0.15, 0.2) is 9.75 Å². The van der Waals surface area contributed by atoms with Crippen molar-refractivity contribution in [2.45, 2.75) is 34.9 Å². The monoisotopic (exact) mass is 648 g/mol. The van der Waals surface area contributed by atoms with Gasteiger partial charge in [0, 0.05) is 17.8 Å². The topological polar surface area (TPSA) is 132 Å². The van der Waals surface area contributed by atoms with Crippen molar-refractivity contribution >= 4 is 79.5 Å². The molecule has 4 aliphatic rings. The molecule has 9 nitrogen and oxygen atoms in total. The number of phenols is 1. The largest absolute Gasteiger partial charge is 0.507 e. The lowest BCUT2D eigenvalue weighted by Crippen LogP contribution is -2.60. The number of rotatable bonds is 5. The summed E-state index contributed by atoms with van der Waals surface area (Å²) in [6.07, 6.45) is 1.46. The van der Waals surface area contributed by atoms with Crippen molar-refractivity contribution in [1.29, 1.82) is 0 Å². The van der Waals surface area contributed by atoms with Crippen molar-refractivity contribution in [2.24, 2.45) is 17.8 Å². The summed E-state index contributed by atoms with van der Waals surface area (Å²) in [5, 5.41) is 20.8. The van der Waals surface area contributed by atoms with Crippen molar-refractivity contribution in [3.8, 4) is 5.75 Å². The lowest BCUT2D eigenvalue weighted by Gasteiger charge is -2.51. The summed E-state index contributed by atoms with van der Waals surface area (Å²) < 4.78 is 0. The van der Waals surface area contributed by atoms with Gasteiger partial charge in [-0.1, -0.05) is 57.9 Å². The van der Waals surface area contributed by atoms with E-state index in [0.717, 1.165) is 9.80 Å². The third kappa shape index (κ3) is 3.42. The van der Waals surface area contributed by atoms with Crippen LogP contribution in [0, 0.1) is 17.8 Å². The first-order valence-electron chi connectivity index (χ1n) is 12.7. The number of carbonyl (C=O) groups is 5. The Kier molecular flexibility index (Phi) is 6.32. The minimum atomic E-state index is -1.96. The van der Waals surface area contributed by atoms with Crippen molar-refractivity contribution in [3.63, 3.8) is 0 Å². The fraction of sp³-hybridized carbons (Fsp3) is 0.393. The SMILES string of the molecule is O=C(O)CCN1C(=O)C2CC=C3C(CC4(Cl)C(=O)N(CBr)C(=O)C4(Cl)C3c3ccc(O)c4ccccc34)C2C1=O. The number of aromatic hydroxyl groups is 1. The summed E-state index contributed by atoms with van der Waals surface area (Å²) in [7, 11) is 0. The number of halogens is 3. The van der Waals surface area contributed by atoms with Crippen LogP contribution in [0.1, 0.15) is 30.7 Å². The number of carbonyl (C=O) groups excluding carboxylic acids is 4. The van der Waals surface area contributed by atoms with Gasteiger partial charge >= 0.3 is 5.97 Å². The highest BCUT2D eigenvalue weighted by atomic mass is 79.9. The van der Waals surface area contributed by atoms with Gasteiger partial charge in [0.25, 0.3) is 11.8 Å². The maximum absolute atomic E-state index is 13.9.